The summed E-state index contributed by atoms with van der Waals surface area (Å²) in [7, 11) is 1.80. The quantitative estimate of drug-likeness (QED) is 0.892. The molecule has 26 heavy (non-hydrogen) atoms. The third kappa shape index (κ3) is 3.81. The van der Waals surface area contributed by atoms with Crippen LogP contribution in [0.25, 0.3) is 5.65 Å². The summed E-state index contributed by atoms with van der Waals surface area (Å²) in [5.74, 6) is 0.0306. The van der Waals surface area contributed by atoms with Gasteiger partial charge in [0.2, 0.25) is 5.91 Å². The number of nitrogens with zero attached hydrogens (tertiary/aromatic N) is 4. The van der Waals surface area contributed by atoms with E-state index in [2.05, 4.69) is 17.2 Å². The van der Waals surface area contributed by atoms with Crippen molar-refractivity contribution < 1.29 is 9.59 Å². The summed E-state index contributed by atoms with van der Waals surface area (Å²) in [5.41, 5.74) is 2.81. The molecule has 3 heterocycles. The number of hydrogen-bond acceptors (Lipinski definition) is 3. The Hall–Kier alpha value is -2.57. The Bertz CT molecular complexity index is 800. The minimum Gasteiger partial charge on any atom is -0.342 e. The van der Waals surface area contributed by atoms with Gasteiger partial charge in [-0.15, -0.1) is 0 Å². The van der Waals surface area contributed by atoms with Crippen molar-refractivity contribution in [1.82, 2.24) is 24.5 Å². The molecule has 3 amide bonds. The summed E-state index contributed by atoms with van der Waals surface area (Å²) >= 11 is 0. The van der Waals surface area contributed by atoms with E-state index in [0.717, 1.165) is 29.7 Å². The van der Waals surface area contributed by atoms with Gasteiger partial charge in [-0.25, -0.2) is 9.78 Å². The minimum atomic E-state index is -0.364. The highest BCUT2D eigenvalue weighted by Crippen LogP contribution is 2.16. The van der Waals surface area contributed by atoms with Crippen molar-refractivity contribution in [2.24, 2.45) is 0 Å². The maximum atomic E-state index is 12.7. The molecule has 0 saturated carbocycles. The fraction of sp³-hybridized carbons (Fsp3) is 0.526. The van der Waals surface area contributed by atoms with Crippen LogP contribution in [0.5, 0.6) is 0 Å². The SMILES string of the molecule is CCCCC1C(=O)N(C)CCN1C(=O)NCc1cn2ccc(C)cc2n1. The molecule has 2 aromatic rings. The number of aryl methyl sites for hydroxylation is 1. The van der Waals surface area contributed by atoms with E-state index in [9.17, 15) is 9.59 Å². The first-order valence-electron chi connectivity index (χ1n) is 9.23. The van der Waals surface area contributed by atoms with E-state index in [1.807, 2.05) is 35.9 Å². The largest absolute Gasteiger partial charge is 0.342 e. The molecule has 7 heteroatoms. The summed E-state index contributed by atoms with van der Waals surface area (Å²) in [4.78, 5) is 33.1. The number of urea groups is 1. The first-order valence-corrected chi connectivity index (χ1v) is 9.23. The number of unbranched alkanes of at least 4 members (excludes halogenated alkanes) is 1. The van der Waals surface area contributed by atoms with E-state index < -0.39 is 0 Å². The van der Waals surface area contributed by atoms with Crippen LogP contribution in [0.4, 0.5) is 4.79 Å². The molecule has 1 fully saturated rings. The molecule has 7 nitrogen and oxygen atoms in total. The van der Waals surface area contributed by atoms with Gasteiger partial charge in [-0.1, -0.05) is 19.8 Å². The molecule has 0 bridgehead atoms. The number of hydrogen-bond donors (Lipinski definition) is 1. The molecule has 1 saturated heterocycles. The Kier molecular flexibility index (Phi) is 5.44. The van der Waals surface area contributed by atoms with Crippen LogP contribution in [0.15, 0.2) is 24.5 Å². The molecule has 1 N–H and O–H groups in total. The number of carbonyl (C=O) groups is 2. The first kappa shape index (κ1) is 18.2. The Labute approximate surface area is 154 Å². The van der Waals surface area contributed by atoms with Crippen LogP contribution in [0.3, 0.4) is 0 Å². The van der Waals surface area contributed by atoms with Gasteiger partial charge >= 0.3 is 6.03 Å². The van der Waals surface area contributed by atoms with Gasteiger partial charge in [-0.3, -0.25) is 4.79 Å². The number of imidazole rings is 1. The standard InChI is InChI=1S/C19H27N5O2/c1-4-5-6-16-18(25)22(3)9-10-24(16)19(26)20-12-15-13-23-8-7-14(2)11-17(23)21-15/h7-8,11,13,16H,4-6,9-10,12H2,1-3H3,(H,20,26). The minimum absolute atomic E-state index is 0.0306. The second-order valence-corrected chi connectivity index (χ2v) is 6.97. The van der Waals surface area contributed by atoms with Crippen molar-refractivity contribution >= 4 is 17.6 Å². The molecule has 3 rings (SSSR count). The van der Waals surface area contributed by atoms with Crippen LogP contribution in [0, 0.1) is 6.92 Å². The van der Waals surface area contributed by atoms with Crippen molar-refractivity contribution in [3.05, 3.63) is 35.8 Å². The third-order valence-corrected chi connectivity index (χ3v) is 4.89. The molecule has 2 aromatic heterocycles. The summed E-state index contributed by atoms with van der Waals surface area (Å²) < 4.78 is 1.94. The number of amides is 3. The number of carbonyl (C=O) groups excluding carboxylic acids is 2. The Morgan fingerprint density at radius 1 is 1.38 bits per heavy atom. The zero-order valence-corrected chi connectivity index (χ0v) is 15.7. The van der Waals surface area contributed by atoms with Crippen molar-refractivity contribution in [3.63, 3.8) is 0 Å². The van der Waals surface area contributed by atoms with Gasteiger partial charge in [0, 0.05) is 32.5 Å². The highest BCUT2D eigenvalue weighted by Gasteiger charge is 2.35. The van der Waals surface area contributed by atoms with E-state index in [-0.39, 0.29) is 18.0 Å². The Morgan fingerprint density at radius 2 is 2.19 bits per heavy atom. The second kappa shape index (κ2) is 7.76. The number of pyridine rings is 1. The molecule has 140 valence electrons. The lowest BCUT2D eigenvalue weighted by molar-refractivity contribution is -0.138. The van der Waals surface area contributed by atoms with Gasteiger partial charge in [0.15, 0.2) is 0 Å². The molecule has 1 aliphatic rings. The van der Waals surface area contributed by atoms with Gasteiger partial charge < -0.3 is 19.5 Å². The Balaban J connectivity index is 1.66. The van der Waals surface area contributed by atoms with Crippen LogP contribution in [-0.4, -0.2) is 57.3 Å². The van der Waals surface area contributed by atoms with Gasteiger partial charge in [0.05, 0.1) is 12.2 Å². The van der Waals surface area contributed by atoms with Crippen molar-refractivity contribution in [2.75, 3.05) is 20.1 Å². The van der Waals surface area contributed by atoms with Gasteiger partial charge in [-0.05, 0) is 31.0 Å². The van der Waals surface area contributed by atoms with E-state index in [1.54, 1.807) is 16.8 Å². The predicted molar refractivity (Wildman–Crippen MR) is 99.8 cm³/mol. The molecule has 1 atom stereocenters. The average molecular weight is 357 g/mol. The van der Waals surface area contributed by atoms with Crippen molar-refractivity contribution in [1.29, 1.82) is 0 Å². The summed E-state index contributed by atoms with van der Waals surface area (Å²) in [6.45, 7) is 5.60. The van der Waals surface area contributed by atoms with Crippen molar-refractivity contribution in [3.8, 4) is 0 Å². The molecular formula is C19H27N5O2. The maximum Gasteiger partial charge on any atom is 0.318 e. The summed E-state index contributed by atoms with van der Waals surface area (Å²) in [6, 6.07) is 3.47. The highest BCUT2D eigenvalue weighted by molar-refractivity contribution is 5.88. The van der Waals surface area contributed by atoms with Crippen LogP contribution >= 0.6 is 0 Å². The normalized spacial score (nSPS) is 17.8. The third-order valence-electron chi connectivity index (χ3n) is 4.89. The number of aromatic nitrogens is 2. The summed E-state index contributed by atoms with van der Waals surface area (Å²) in [5, 5.41) is 2.93. The molecule has 0 radical (unpaired) electrons. The van der Waals surface area contributed by atoms with E-state index in [4.69, 9.17) is 0 Å². The molecular weight excluding hydrogens is 330 g/mol. The van der Waals surface area contributed by atoms with Crippen molar-refractivity contribution in [2.45, 2.75) is 45.7 Å². The number of likely N-dealkylation sites (N-methyl/N-ethyl adjacent to an activating group) is 1. The van der Waals surface area contributed by atoms with E-state index in [0.29, 0.717) is 26.1 Å². The lowest BCUT2D eigenvalue weighted by atomic mass is 10.0. The van der Waals surface area contributed by atoms with Crippen LogP contribution in [0.2, 0.25) is 0 Å². The first-order chi connectivity index (χ1) is 12.5. The zero-order chi connectivity index (χ0) is 18.7. The highest BCUT2D eigenvalue weighted by atomic mass is 16.2. The summed E-state index contributed by atoms with van der Waals surface area (Å²) in [6.07, 6.45) is 6.52. The maximum absolute atomic E-state index is 12.7. The topological polar surface area (TPSA) is 70.0 Å². The Morgan fingerprint density at radius 3 is 2.96 bits per heavy atom. The fourth-order valence-corrected chi connectivity index (χ4v) is 3.32. The number of fused-ring (bicyclic) bond motifs is 1. The van der Waals surface area contributed by atoms with Crippen LogP contribution in [-0.2, 0) is 11.3 Å². The lowest BCUT2D eigenvalue weighted by Crippen LogP contribution is -2.59. The lowest BCUT2D eigenvalue weighted by Gasteiger charge is -2.39. The number of nitrogens with one attached hydrogen (secondary N) is 1. The van der Waals surface area contributed by atoms with Gasteiger partial charge in [-0.2, -0.15) is 0 Å². The molecule has 0 aromatic carbocycles. The van der Waals surface area contributed by atoms with E-state index >= 15 is 0 Å². The molecule has 0 spiro atoms. The van der Waals surface area contributed by atoms with Crippen LogP contribution < -0.4 is 5.32 Å². The molecule has 1 unspecified atom stereocenters. The predicted octanol–water partition coefficient (Wildman–Crippen LogP) is 2.19. The molecule has 0 aliphatic carbocycles. The van der Waals surface area contributed by atoms with E-state index in [1.165, 1.54) is 0 Å². The molecule has 1 aliphatic heterocycles. The number of rotatable bonds is 5. The smallest absolute Gasteiger partial charge is 0.318 e. The second-order valence-electron chi connectivity index (χ2n) is 6.97. The fourth-order valence-electron chi connectivity index (χ4n) is 3.32. The van der Waals surface area contributed by atoms with Crippen LogP contribution in [0.1, 0.15) is 37.4 Å². The van der Waals surface area contributed by atoms with Gasteiger partial charge in [0.1, 0.15) is 11.7 Å². The average Bonchev–Trinajstić information content (AvgIpc) is 3.02. The monoisotopic (exact) mass is 357 g/mol. The zero-order valence-electron chi connectivity index (χ0n) is 15.7. The van der Waals surface area contributed by atoms with Gasteiger partial charge in [0.25, 0.3) is 0 Å². The number of piperazine rings is 1.